The highest BCUT2D eigenvalue weighted by atomic mass is 16.5. The summed E-state index contributed by atoms with van der Waals surface area (Å²) in [5.74, 6) is 0.404. The minimum atomic E-state index is -0.967. The predicted octanol–water partition coefficient (Wildman–Crippen LogP) is 3.70. The van der Waals surface area contributed by atoms with Crippen molar-refractivity contribution >= 4 is 5.97 Å². The maximum absolute atomic E-state index is 10.9. The fourth-order valence-corrected chi connectivity index (χ4v) is 4.48. The Morgan fingerprint density at radius 3 is 2.50 bits per heavy atom. The molecule has 0 saturated carbocycles. The van der Waals surface area contributed by atoms with Crippen LogP contribution < -0.4 is 4.74 Å². The summed E-state index contributed by atoms with van der Waals surface area (Å²) in [6, 6.07) is 17.9. The quantitative estimate of drug-likeness (QED) is 0.716. The molecule has 0 spiro atoms. The largest absolute Gasteiger partial charge is 0.482 e. The lowest BCUT2D eigenvalue weighted by Gasteiger charge is -2.28. The Morgan fingerprint density at radius 1 is 1.00 bits per heavy atom. The molecule has 0 radical (unpaired) electrons. The van der Waals surface area contributed by atoms with Gasteiger partial charge in [0.1, 0.15) is 5.75 Å². The minimum absolute atomic E-state index is 0.253. The fraction of sp³-hybridized carbons (Fsp3) is 0.435. The van der Waals surface area contributed by atoms with Crippen molar-refractivity contribution in [2.45, 2.75) is 38.1 Å². The monoisotopic (exact) mass is 382 g/mol. The molecule has 0 unspecified atom stereocenters. The first-order chi connectivity index (χ1) is 13.7. The van der Waals surface area contributed by atoms with Crippen molar-refractivity contribution in [3.63, 3.8) is 0 Å². The van der Waals surface area contributed by atoms with Crippen molar-refractivity contribution < 1.29 is 24.1 Å². The van der Waals surface area contributed by atoms with E-state index < -0.39 is 5.97 Å². The molecule has 0 aliphatic carbocycles. The molecule has 2 saturated heterocycles. The average Bonchev–Trinajstić information content (AvgIpc) is 3.31. The molecule has 5 heteroatoms. The summed E-state index contributed by atoms with van der Waals surface area (Å²) in [4.78, 5) is 10.9. The Balaban J connectivity index is 1.40. The number of rotatable bonds is 9. The number of para-hydroxylation sites is 1. The molecular formula is C23H26O5. The number of fused-ring (bicyclic) bond motifs is 2. The van der Waals surface area contributed by atoms with Gasteiger partial charge in [0.15, 0.2) is 6.61 Å². The maximum Gasteiger partial charge on any atom is 0.341 e. The summed E-state index contributed by atoms with van der Waals surface area (Å²) in [5.41, 5.74) is 2.22. The Morgan fingerprint density at radius 2 is 1.71 bits per heavy atom. The van der Waals surface area contributed by atoms with Crippen molar-refractivity contribution in [1.29, 1.82) is 0 Å². The lowest BCUT2D eigenvalue weighted by molar-refractivity contribution is -0.139. The van der Waals surface area contributed by atoms with Gasteiger partial charge in [0, 0.05) is 5.92 Å². The van der Waals surface area contributed by atoms with E-state index in [1.165, 1.54) is 5.56 Å². The summed E-state index contributed by atoms with van der Waals surface area (Å²) < 4.78 is 17.7. The van der Waals surface area contributed by atoms with Gasteiger partial charge in [-0.1, -0.05) is 48.5 Å². The first-order valence-electron chi connectivity index (χ1n) is 9.90. The second-order valence-electron chi connectivity index (χ2n) is 7.61. The second kappa shape index (κ2) is 8.76. The Labute approximate surface area is 165 Å². The number of carboxylic acid groups (broad SMARTS) is 1. The first kappa shape index (κ1) is 19.0. The van der Waals surface area contributed by atoms with Crippen molar-refractivity contribution in [2.24, 2.45) is 11.8 Å². The molecular weight excluding hydrogens is 356 g/mol. The third kappa shape index (κ3) is 4.37. The molecule has 1 N–H and O–H groups in total. The van der Waals surface area contributed by atoms with Crippen LogP contribution in [0.3, 0.4) is 0 Å². The third-order valence-corrected chi connectivity index (χ3v) is 5.79. The summed E-state index contributed by atoms with van der Waals surface area (Å²) in [7, 11) is 0. The van der Waals surface area contributed by atoms with Crippen molar-refractivity contribution in [3.8, 4) is 5.75 Å². The molecule has 0 aromatic heterocycles. The molecule has 4 atom stereocenters. The van der Waals surface area contributed by atoms with Gasteiger partial charge < -0.3 is 19.3 Å². The van der Waals surface area contributed by atoms with Gasteiger partial charge in [0.25, 0.3) is 0 Å². The highest BCUT2D eigenvalue weighted by molar-refractivity contribution is 5.68. The van der Waals surface area contributed by atoms with E-state index in [1.54, 1.807) is 0 Å². The zero-order valence-corrected chi connectivity index (χ0v) is 15.8. The van der Waals surface area contributed by atoms with Crippen LogP contribution in [0.25, 0.3) is 0 Å². The van der Waals surface area contributed by atoms with E-state index in [0.29, 0.717) is 30.8 Å². The van der Waals surface area contributed by atoms with Gasteiger partial charge in [-0.15, -0.1) is 0 Å². The molecule has 2 heterocycles. The van der Waals surface area contributed by atoms with Crippen LogP contribution >= 0.6 is 0 Å². The van der Waals surface area contributed by atoms with Gasteiger partial charge in [-0.3, -0.25) is 0 Å². The summed E-state index contributed by atoms with van der Waals surface area (Å²) in [5, 5.41) is 8.91. The Bertz CT molecular complexity index is 791. The Hall–Kier alpha value is -2.37. The minimum Gasteiger partial charge on any atom is -0.482 e. The van der Waals surface area contributed by atoms with Crippen LogP contribution in [-0.2, 0) is 27.3 Å². The zero-order valence-electron chi connectivity index (χ0n) is 15.8. The molecule has 2 aliphatic heterocycles. The SMILES string of the molecule is O=C(O)COc1ccccc1C[C@@H]1[C@H](COCc2ccccc2)[C@H]2CC[C@@H]1O2. The van der Waals surface area contributed by atoms with Gasteiger partial charge in [0.05, 0.1) is 25.4 Å². The standard InChI is InChI=1S/C23H26O5/c24-23(25)15-27-20-9-5-4-8-17(20)12-18-19(22-11-10-21(18)28-22)14-26-13-16-6-2-1-3-7-16/h1-9,18-19,21-22H,10-15H2,(H,24,25)/t18-,19+,21+,22-/m1/s1. The maximum atomic E-state index is 10.9. The number of ether oxygens (including phenoxy) is 3. The highest BCUT2D eigenvalue weighted by Crippen LogP contribution is 2.45. The van der Waals surface area contributed by atoms with E-state index in [4.69, 9.17) is 19.3 Å². The number of carboxylic acids is 1. The summed E-state index contributed by atoms with van der Waals surface area (Å²) in [6.45, 7) is 0.965. The van der Waals surface area contributed by atoms with Crippen molar-refractivity contribution in [2.75, 3.05) is 13.2 Å². The smallest absolute Gasteiger partial charge is 0.341 e. The molecule has 148 valence electrons. The molecule has 5 nitrogen and oxygen atoms in total. The van der Waals surface area contributed by atoms with E-state index >= 15 is 0 Å². The fourth-order valence-electron chi connectivity index (χ4n) is 4.48. The van der Waals surface area contributed by atoms with Crippen LogP contribution in [0, 0.1) is 11.8 Å². The number of benzene rings is 2. The third-order valence-electron chi connectivity index (χ3n) is 5.79. The number of hydrogen-bond acceptors (Lipinski definition) is 4. The average molecular weight is 382 g/mol. The molecule has 2 aromatic carbocycles. The lowest BCUT2D eigenvalue weighted by atomic mass is 9.76. The van der Waals surface area contributed by atoms with E-state index in [0.717, 1.165) is 24.8 Å². The van der Waals surface area contributed by atoms with Crippen LogP contribution in [0.5, 0.6) is 5.75 Å². The number of carbonyl (C=O) groups is 1. The molecule has 2 aliphatic rings. The molecule has 2 fully saturated rings. The van der Waals surface area contributed by atoms with Crippen LogP contribution in [0.4, 0.5) is 0 Å². The molecule has 2 aromatic rings. The van der Waals surface area contributed by atoms with Gasteiger partial charge >= 0.3 is 5.97 Å². The highest BCUT2D eigenvalue weighted by Gasteiger charge is 2.48. The van der Waals surface area contributed by atoms with Crippen LogP contribution in [0.2, 0.25) is 0 Å². The molecule has 4 rings (SSSR count). The van der Waals surface area contributed by atoms with Crippen LogP contribution in [0.1, 0.15) is 24.0 Å². The zero-order chi connectivity index (χ0) is 19.3. The van der Waals surface area contributed by atoms with E-state index in [9.17, 15) is 4.79 Å². The van der Waals surface area contributed by atoms with Gasteiger partial charge in [-0.05, 0) is 42.4 Å². The predicted molar refractivity (Wildman–Crippen MR) is 104 cm³/mol. The number of hydrogen-bond donors (Lipinski definition) is 1. The van der Waals surface area contributed by atoms with Gasteiger partial charge in [-0.25, -0.2) is 4.79 Å². The number of aliphatic carboxylic acids is 1. The van der Waals surface area contributed by atoms with Gasteiger partial charge in [-0.2, -0.15) is 0 Å². The second-order valence-corrected chi connectivity index (χ2v) is 7.61. The Kier molecular flexibility index (Phi) is 5.93. The first-order valence-corrected chi connectivity index (χ1v) is 9.90. The lowest BCUT2D eigenvalue weighted by Crippen LogP contribution is -2.32. The van der Waals surface area contributed by atoms with E-state index in [-0.39, 0.29) is 18.8 Å². The van der Waals surface area contributed by atoms with Crippen LogP contribution in [-0.4, -0.2) is 36.5 Å². The van der Waals surface area contributed by atoms with Gasteiger partial charge in [0.2, 0.25) is 0 Å². The summed E-state index contributed by atoms with van der Waals surface area (Å²) >= 11 is 0. The molecule has 2 bridgehead atoms. The summed E-state index contributed by atoms with van der Waals surface area (Å²) in [6.07, 6.45) is 3.51. The van der Waals surface area contributed by atoms with E-state index in [1.807, 2.05) is 42.5 Å². The normalized spacial score (nSPS) is 25.7. The van der Waals surface area contributed by atoms with Crippen LogP contribution in [0.15, 0.2) is 54.6 Å². The van der Waals surface area contributed by atoms with E-state index in [2.05, 4.69) is 12.1 Å². The topological polar surface area (TPSA) is 65.0 Å². The van der Waals surface area contributed by atoms with Crippen molar-refractivity contribution in [3.05, 3.63) is 65.7 Å². The van der Waals surface area contributed by atoms with Crippen molar-refractivity contribution in [1.82, 2.24) is 0 Å². The molecule has 0 amide bonds. The molecule has 28 heavy (non-hydrogen) atoms.